The second-order valence-corrected chi connectivity index (χ2v) is 7.12. The number of rotatable bonds is 4. The average molecular weight is 363 g/mol. The molecule has 2 aliphatic rings. The van der Waals surface area contributed by atoms with Gasteiger partial charge in [-0.2, -0.15) is 5.10 Å². The van der Waals surface area contributed by atoms with Gasteiger partial charge in [0.05, 0.1) is 4.92 Å². The molecule has 0 bridgehead atoms. The SMILES string of the molecule is Cc1nn(CC(=O)N2CCN(C(=O)C3CCCC3)CC2)c(C)c1[N+](=O)[O-]. The van der Waals surface area contributed by atoms with Crippen molar-refractivity contribution in [2.24, 2.45) is 5.92 Å². The van der Waals surface area contributed by atoms with E-state index < -0.39 is 4.92 Å². The summed E-state index contributed by atoms with van der Waals surface area (Å²) in [6, 6.07) is 0. The highest BCUT2D eigenvalue weighted by Crippen LogP contribution is 2.27. The molecule has 0 spiro atoms. The molecule has 142 valence electrons. The molecule has 9 heteroatoms. The Morgan fingerprint density at radius 2 is 1.69 bits per heavy atom. The predicted octanol–water partition coefficient (Wildman–Crippen LogP) is 1.27. The van der Waals surface area contributed by atoms with Crippen LogP contribution >= 0.6 is 0 Å². The summed E-state index contributed by atoms with van der Waals surface area (Å²) in [6.07, 6.45) is 4.22. The van der Waals surface area contributed by atoms with Crippen LogP contribution in [0.3, 0.4) is 0 Å². The Balaban J connectivity index is 1.56. The van der Waals surface area contributed by atoms with Crippen LogP contribution in [0.25, 0.3) is 0 Å². The maximum Gasteiger partial charge on any atom is 0.312 e. The second kappa shape index (κ2) is 7.43. The molecular formula is C17H25N5O4. The fraction of sp³-hybridized carbons (Fsp3) is 0.706. The maximum atomic E-state index is 12.5. The number of aromatic nitrogens is 2. The van der Waals surface area contributed by atoms with Crippen molar-refractivity contribution >= 4 is 17.5 Å². The number of nitrogens with zero attached hydrogens (tertiary/aromatic N) is 5. The molecule has 2 fully saturated rings. The van der Waals surface area contributed by atoms with Crippen LogP contribution in [0.2, 0.25) is 0 Å². The molecule has 0 unspecified atom stereocenters. The minimum Gasteiger partial charge on any atom is -0.339 e. The van der Waals surface area contributed by atoms with E-state index in [0.29, 0.717) is 37.6 Å². The second-order valence-electron chi connectivity index (χ2n) is 7.12. The minimum absolute atomic E-state index is 0.0168. The molecule has 0 atom stereocenters. The summed E-state index contributed by atoms with van der Waals surface area (Å²) >= 11 is 0. The molecule has 2 amide bonds. The van der Waals surface area contributed by atoms with Crippen LogP contribution < -0.4 is 0 Å². The summed E-state index contributed by atoms with van der Waals surface area (Å²) in [6.45, 7) is 5.26. The van der Waals surface area contributed by atoms with Crippen molar-refractivity contribution in [1.29, 1.82) is 0 Å². The van der Waals surface area contributed by atoms with E-state index in [-0.39, 0.29) is 30.0 Å². The Labute approximate surface area is 152 Å². The third kappa shape index (κ3) is 3.56. The van der Waals surface area contributed by atoms with Crippen LogP contribution in [0, 0.1) is 29.9 Å². The number of hydrogen-bond acceptors (Lipinski definition) is 5. The van der Waals surface area contributed by atoms with Crippen molar-refractivity contribution in [2.75, 3.05) is 26.2 Å². The van der Waals surface area contributed by atoms with Gasteiger partial charge in [0.2, 0.25) is 11.8 Å². The van der Waals surface area contributed by atoms with Crippen molar-refractivity contribution in [3.05, 3.63) is 21.5 Å². The van der Waals surface area contributed by atoms with Gasteiger partial charge in [0.15, 0.2) is 0 Å². The van der Waals surface area contributed by atoms with Crippen molar-refractivity contribution in [3.63, 3.8) is 0 Å². The Morgan fingerprint density at radius 1 is 1.12 bits per heavy atom. The van der Waals surface area contributed by atoms with E-state index in [2.05, 4.69) is 5.10 Å². The van der Waals surface area contributed by atoms with Crippen molar-refractivity contribution in [1.82, 2.24) is 19.6 Å². The van der Waals surface area contributed by atoms with Gasteiger partial charge in [-0.3, -0.25) is 24.4 Å². The van der Waals surface area contributed by atoms with Gasteiger partial charge in [0.1, 0.15) is 17.9 Å². The van der Waals surface area contributed by atoms with E-state index >= 15 is 0 Å². The highest BCUT2D eigenvalue weighted by Gasteiger charge is 2.31. The molecule has 1 aromatic heterocycles. The van der Waals surface area contributed by atoms with E-state index in [0.717, 1.165) is 25.7 Å². The summed E-state index contributed by atoms with van der Waals surface area (Å²) < 4.78 is 1.39. The van der Waals surface area contributed by atoms with Gasteiger partial charge in [-0.15, -0.1) is 0 Å². The van der Waals surface area contributed by atoms with Crippen LogP contribution in [0.15, 0.2) is 0 Å². The van der Waals surface area contributed by atoms with Gasteiger partial charge in [-0.1, -0.05) is 12.8 Å². The quantitative estimate of drug-likeness (QED) is 0.592. The third-order valence-corrected chi connectivity index (χ3v) is 5.46. The van der Waals surface area contributed by atoms with Gasteiger partial charge >= 0.3 is 5.69 Å². The summed E-state index contributed by atoms with van der Waals surface area (Å²) in [5.74, 6) is 0.259. The maximum absolute atomic E-state index is 12.5. The molecule has 0 N–H and O–H groups in total. The number of carbonyl (C=O) groups excluding carboxylic acids is 2. The largest absolute Gasteiger partial charge is 0.339 e. The van der Waals surface area contributed by atoms with Gasteiger partial charge in [-0.05, 0) is 26.7 Å². The lowest BCUT2D eigenvalue weighted by molar-refractivity contribution is -0.386. The Morgan fingerprint density at radius 3 is 2.23 bits per heavy atom. The monoisotopic (exact) mass is 363 g/mol. The standard InChI is InChI=1S/C17H25N5O4/c1-12-16(22(25)26)13(2)21(18-12)11-15(23)19-7-9-20(10-8-19)17(24)14-5-3-4-6-14/h14H,3-11H2,1-2H3. The number of aryl methyl sites for hydroxylation is 1. The van der Waals surface area contributed by atoms with E-state index in [9.17, 15) is 19.7 Å². The van der Waals surface area contributed by atoms with E-state index in [1.807, 2.05) is 4.90 Å². The summed E-state index contributed by atoms with van der Waals surface area (Å²) in [5, 5.41) is 15.2. The van der Waals surface area contributed by atoms with Crippen LogP contribution in [0.1, 0.15) is 37.1 Å². The normalized spacial score (nSPS) is 18.4. The number of amides is 2. The topological polar surface area (TPSA) is 102 Å². The van der Waals surface area contributed by atoms with Crippen LogP contribution in [-0.4, -0.2) is 62.5 Å². The first-order chi connectivity index (χ1) is 12.4. The Bertz CT molecular complexity index is 715. The predicted molar refractivity (Wildman–Crippen MR) is 93.5 cm³/mol. The molecule has 9 nitrogen and oxygen atoms in total. The molecule has 0 aromatic carbocycles. The van der Waals surface area contributed by atoms with Crippen molar-refractivity contribution in [3.8, 4) is 0 Å². The number of hydrogen-bond donors (Lipinski definition) is 0. The smallest absolute Gasteiger partial charge is 0.312 e. The van der Waals surface area contributed by atoms with Crippen LogP contribution in [-0.2, 0) is 16.1 Å². The van der Waals surface area contributed by atoms with Gasteiger partial charge in [-0.25, -0.2) is 0 Å². The fourth-order valence-electron chi connectivity index (χ4n) is 3.94. The van der Waals surface area contributed by atoms with Gasteiger partial charge < -0.3 is 9.80 Å². The van der Waals surface area contributed by atoms with Crippen LogP contribution in [0.4, 0.5) is 5.69 Å². The zero-order chi connectivity index (χ0) is 18.8. The molecule has 2 heterocycles. The zero-order valence-corrected chi connectivity index (χ0v) is 15.3. The van der Waals surface area contributed by atoms with Crippen LogP contribution in [0.5, 0.6) is 0 Å². The first kappa shape index (κ1) is 18.3. The molecule has 3 rings (SSSR count). The summed E-state index contributed by atoms with van der Waals surface area (Å²) in [4.78, 5) is 39.2. The minimum atomic E-state index is -0.466. The number of carbonyl (C=O) groups is 2. The third-order valence-electron chi connectivity index (χ3n) is 5.46. The van der Waals surface area contributed by atoms with E-state index in [1.165, 1.54) is 4.68 Å². The molecule has 1 aromatic rings. The average Bonchev–Trinajstić information content (AvgIpc) is 3.23. The van der Waals surface area contributed by atoms with E-state index in [1.54, 1.807) is 18.7 Å². The van der Waals surface area contributed by atoms with Crippen molar-refractivity contribution in [2.45, 2.75) is 46.1 Å². The lowest BCUT2D eigenvalue weighted by Gasteiger charge is -2.36. The van der Waals surface area contributed by atoms with Gasteiger partial charge in [0.25, 0.3) is 0 Å². The molecule has 0 radical (unpaired) electrons. The first-order valence-electron chi connectivity index (χ1n) is 9.13. The lowest BCUT2D eigenvalue weighted by Crippen LogP contribution is -2.52. The number of piperazine rings is 1. The lowest BCUT2D eigenvalue weighted by atomic mass is 10.1. The number of nitro groups is 1. The fourth-order valence-corrected chi connectivity index (χ4v) is 3.94. The molecule has 1 saturated carbocycles. The first-order valence-corrected chi connectivity index (χ1v) is 9.13. The molecule has 26 heavy (non-hydrogen) atoms. The zero-order valence-electron chi connectivity index (χ0n) is 15.3. The van der Waals surface area contributed by atoms with E-state index in [4.69, 9.17) is 0 Å². The molecule has 1 saturated heterocycles. The highest BCUT2D eigenvalue weighted by molar-refractivity contribution is 5.80. The molecule has 1 aliphatic heterocycles. The summed E-state index contributed by atoms with van der Waals surface area (Å²) in [5.41, 5.74) is 0.660. The highest BCUT2D eigenvalue weighted by atomic mass is 16.6. The van der Waals surface area contributed by atoms with Gasteiger partial charge in [0, 0.05) is 32.1 Å². The Kier molecular flexibility index (Phi) is 5.24. The molecule has 1 aliphatic carbocycles. The Hall–Kier alpha value is -2.45. The molecular weight excluding hydrogens is 338 g/mol. The van der Waals surface area contributed by atoms with Crippen molar-refractivity contribution < 1.29 is 14.5 Å². The summed E-state index contributed by atoms with van der Waals surface area (Å²) in [7, 11) is 0.